The van der Waals surface area contributed by atoms with Gasteiger partial charge in [0.15, 0.2) is 0 Å². The molecule has 0 saturated heterocycles. The molecular formula is C19H24O2. The van der Waals surface area contributed by atoms with Crippen LogP contribution in [-0.4, -0.2) is 10.2 Å². The molecule has 2 N–H and O–H groups in total. The van der Waals surface area contributed by atoms with Crippen molar-refractivity contribution in [1.82, 2.24) is 0 Å². The van der Waals surface area contributed by atoms with Crippen LogP contribution in [0.15, 0.2) is 12.1 Å². The Balaban J connectivity index is 2.54. The molecule has 2 rings (SSSR count). The van der Waals surface area contributed by atoms with E-state index in [9.17, 15) is 10.2 Å². The van der Waals surface area contributed by atoms with Gasteiger partial charge in [-0.25, -0.2) is 0 Å². The lowest BCUT2D eigenvalue weighted by atomic mass is 9.92. The quantitative estimate of drug-likeness (QED) is 0.850. The van der Waals surface area contributed by atoms with E-state index in [0.717, 1.165) is 33.4 Å². The lowest BCUT2D eigenvalue weighted by molar-refractivity contribution is 0.457. The molecule has 21 heavy (non-hydrogen) atoms. The highest BCUT2D eigenvalue weighted by Gasteiger charge is 2.14. The van der Waals surface area contributed by atoms with Gasteiger partial charge in [0.1, 0.15) is 11.5 Å². The van der Waals surface area contributed by atoms with Crippen molar-refractivity contribution >= 4 is 0 Å². The topological polar surface area (TPSA) is 40.5 Å². The Kier molecular flexibility index (Phi) is 3.99. The van der Waals surface area contributed by atoms with Crippen LogP contribution in [0.25, 0.3) is 0 Å². The zero-order valence-electron chi connectivity index (χ0n) is 13.8. The van der Waals surface area contributed by atoms with Crippen molar-refractivity contribution in [3.05, 3.63) is 56.6 Å². The highest BCUT2D eigenvalue weighted by Crippen LogP contribution is 2.34. The third-order valence-corrected chi connectivity index (χ3v) is 4.79. The molecule has 0 aromatic heterocycles. The Labute approximate surface area is 127 Å². The number of hydrogen-bond acceptors (Lipinski definition) is 2. The van der Waals surface area contributed by atoms with E-state index in [4.69, 9.17) is 0 Å². The number of phenols is 2. The Bertz CT molecular complexity index is 651. The predicted molar refractivity (Wildman–Crippen MR) is 87.4 cm³/mol. The van der Waals surface area contributed by atoms with Crippen LogP contribution in [0.4, 0.5) is 0 Å². The summed E-state index contributed by atoms with van der Waals surface area (Å²) in [6, 6.07) is 4.03. The lowest BCUT2D eigenvalue weighted by Gasteiger charge is -2.16. The molecule has 0 heterocycles. The van der Waals surface area contributed by atoms with Crippen molar-refractivity contribution in [2.45, 2.75) is 48.0 Å². The van der Waals surface area contributed by atoms with Gasteiger partial charge in [0.2, 0.25) is 0 Å². The number of aromatic hydroxyl groups is 2. The first kappa shape index (κ1) is 15.4. The molecule has 0 saturated carbocycles. The van der Waals surface area contributed by atoms with Gasteiger partial charge in [-0.2, -0.15) is 0 Å². The monoisotopic (exact) mass is 284 g/mol. The summed E-state index contributed by atoms with van der Waals surface area (Å²) in [5.74, 6) is 0.682. The van der Waals surface area contributed by atoms with Crippen molar-refractivity contribution in [3.63, 3.8) is 0 Å². The molecule has 2 heteroatoms. The predicted octanol–water partition coefficient (Wildman–Crippen LogP) is 4.54. The van der Waals surface area contributed by atoms with Crippen molar-refractivity contribution in [2.75, 3.05) is 0 Å². The third kappa shape index (κ3) is 2.63. The first-order chi connectivity index (χ1) is 9.73. The number of aryl methyl sites for hydroxylation is 2. The number of phenolic OH excluding ortho intramolecular Hbond substituents is 2. The molecule has 0 amide bonds. The van der Waals surface area contributed by atoms with Gasteiger partial charge in [-0.15, -0.1) is 0 Å². The average Bonchev–Trinajstić information content (AvgIpc) is 2.45. The minimum Gasteiger partial charge on any atom is -0.507 e. The first-order valence-corrected chi connectivity index (χ1v) is 7.31. The average molecular weight is 284 g/mol. The molecule has 0 unspecified atom stereocenters. The smallest absolute Gasteiger partial charge is 0.122 e. The molecular weight excluding hydrogens is 260 g/mol. The van der Waals surface area contributed by atoms with Crippen LogP contribution in [0.5, 0.6) is 11.5 Å². The van der Waals surface area contributed by atoms with Gasteiger partial charge in [-0.3, -0.25) is 0 Å². The molecule has 0 spiro atoms. The zero-order valence-corrected chi connectivity index (χ0v) is 13.8. The molecule has 0 aliphatic heterocycles. The fourth-order valence-corrected chi connectivity index (χ4v) is 2.78. The fraction of sp³-hybridized carbons (Fsp3) is 0.368. The number of rotatable bonds is 2. The van der Waals surface area contributed by atoms with Crippen LogP contribution >= 0.6 is 0 Å². The van der Waals surface area contributed by atoms with Gasteiger partial charge in [-0.05, 0) is 86.1 Å². The highest BCUT2D eigenvalue weighted by molar-refractivity contribution is 5.54. The standard InChI is InChI=1S/C19H24O2/c1-10-7-16(18(20)14(5)12(10)3)9-17-8-11(2)13(4)15(6)19(17)21/h7-8,20-21H,9H2,1-6H3. The van der Waals surface area contributed by atoms with Gasteiger partial charge >= 0.3 is 0 Å². The van der Waals surface area contributed by atoms with Crippen LogP contribution < -0.4 is 0 Å². The second-order valence-electron chi connectivity index (χ2n) is 6.08. The Morgan fingerprint density at radius 3 is 1.29 bits per heavy atom. The molecule has 0 fully saturated rings. The van der Waals surface area contributed by atoms with E-state index in [0.29, 0.717) is 17.9 Å². The second kappa shape index (κ2) is 5.44. The summed E-state index contributed by atoms with van der Waals surface area (Å²) in [5, 5.41) is 20.7. The molecule has 0 atom stereocenters. The minimum absolute atomic E-state index is 0.341. The summed E-state index contributed by atoms with van der Waals surface area (Å²) >= 11 is 0. The van der Waals surface area contributed by atoms with Crippen molar-refractivity contribution < 1.29 is 10.2 Å². The zero-order chi connectivity index (χ0) is 15.9. The summed E-state index contributed by atoms with van der Waals surface area (Å²) in [5.41, 5.74) is 8.16. The molecule has 0 radical (unpaired) electrons. The molecule has 0 bridgehead atoms. The molecule has 2 nitrogen and oxygen atoms in total. The normalized spacial score (nSPS) is 11.0. The molecule has 112 valence electrons. The van der Waals surface area contributed by atoms with Crippen LogP contribution in [-0.2, 0) is 6.42 Å². The van der Waals surface area contributed by atoms with E-state index in [1.54, 1.807) is 0 Å². The van der Waals surface area contributed by atoms with Crippen molar-refractivity contribution in [2.24, 2.45) is 0 Å². The van der Waals surface area contributed by atoms with E-state index in [1.807, 2.05) is 39.8 Å². The van der Waals surface area contributed by atoms with Gasteiger partial charge in [0.25, 0.3) is 0 Å². The minimum atomic E-state index is 0.341. The summed E-state index contributed by atoms with van der Waals surface area (Å²) in [7, 11) is 0. The van der Waals surface area contributed by atoms with Gasteiger partial charge < -0.3 is 10.2 Å². The van der Waals surface area contributed by atoms with Crippen LogP contribution in [0, 0.1) is 41.5 Å². The Morgan fingerprint density at radius 2 is 0.952 bits per heavy atom. The first-order valence-electron chi connectivity index (χ1n) is 7.31. The fourth-order valence-electron chi connectivity index (χ4n) is 2.78. The van der Waals surface area contributed by atoms with E-state index in [-0.39, 0.29) is 0 Å². The maximum absolute atomic E-state index is 10.4. The third-order valence-electron chi connectivity index (χ3n) is 4.79. The summed E-state index contributed by atoms with van der Waals surface area (Å²) in [4.78, 5) is 0. The van der Waals surface area contributed by atoms with E-state index in [2.05, 4.69) is 13.8 Å². The molecule has 0 aliphatic carbocycles. The summed E-state index contributed by atoms with van der Waals surface area (Å²) < 4.78 is 0. The van der Waals surface area contributed by atoms with Gasteiger partial charge in [0, 0.05) is 6.42 Å². The maximum atomic E-state index is 10.4. The van der Waals surface area contributed by atoms with Crippen LogP contribution in [0.1, 0.15) is 44.5 Å². The summed E-state index contributed by atoms with van der Waals surface area (Å²) in [6.45, 7) is 12.0. The van der Waals surface area contributed by atoms with Gasteiger partial charge in [0.05, 0.1) is 0 Å². The van der Waals surface area contributed by atoms with Crippen molar-refractivity contribution in [1.29, 1.82) is 0 Å². The Hall–Kier alpha value is -1.96. The molecule has 2 aromatic rings. The summed E-state index contributed by atoms with van der Waals surface area (Å²) in [6.07, 6.45) is 0.543. The lowest BCUT2D eigenvalue weighted by Crippen LogP contribution is -1.98. The highest BCUT2D eigenvalue weighted by atomic mass is 16.3. The van der Waals surface area contributed by atoms with Crippen LogP contribution in [0.2, 0.25) is 0 Å². The van der Waals surface area contributed by atoms with Gasteiger partial charge in [-0.1, -0.05) is 12.1 Å². The van der Waals surface area contributed by atoms with Crippen molar-refractivity contribution in [3.8, 4) is 11.5 Å². The second-order valence-corrected chi connectivity index (χ2v) is 6.08. The molecule has 0 aliphatic rings. The van der Waals surface area contributed by atoms with E-state index >= 15 is 0 Å². The van der Waals surface area contributed by atoms with E-state index < -0.39 is 0 Å². The number of benzene rings is 2. The largest absolute Gasteiger partial charge is 0.507 e. The van der Waals surface area contributed by atoms with Crippen LogP contribution in [0.3, 0.4) is 0 Å². The molecule has 2 aromatic carbocycles. The Morgan fingerprint density at radius 1 is 0.619 bits per heavy atom. The number of hydrogen-bond donors (Lipinski definition) is 2. The maximum Gasteiger partial charge on any atom is 0.122 e. The SMILES string of the molecule is Cc1cc(Cc2cc(C)c(C)c(C)c2O)c(O)c(C)c1C. The van der Waals surface area contributed by atoms with E-state index in [1.165, 1.54) is 11.1 Å².